The minimum atomic E-state index is -0.528. The lowest BCUT2D eigenvalue weighted by Crippen LogP contribution is -2.38. The van der Waals surface area contributed by atoms with E-state index >= 15 is 0 Å². The number of halogens is 1. The molecule has 1 aromatic carbocycles. The van der Waals surface area contributed by atoms with Crippen molar-refractivity contribution < 1.29 is 9.84 Å². The van der Waals surface area contributed by atoms with Crippen LogP contribution in [0.15, 0.2) is 24.3 Å². The van der Waals surface area contributed by atoms with Gasteiger partial charge in [0, 0.05) is 25.7 Å². The SMILES string of the molecule is CN(C)NCC(O)COCc1ccccc1Cl. The largest absolute Gasteiger partial charge is 0.389 e. The summed E-state index contributed by atoms with van der Waals surface area (Å²) in [6, 6.07) is 7.52. The average Bonchev–Trinajstić information content (AvgIpc) is 2.29. The second-order valence-corrected chi connectivity index (χ2v) is 4.42. The molecule has 1 unspecified atom stereocenters. The molecule has 0 aliphatic rings. The van der Waals surface area contributed by atoms with E-state index in [1.165, 1.54) is 0 Å². The zero-order valence-corrected chi connectivity index (χ0v) is 10.9. The maximum Gasteiger partial charge on any atom is 0.0911 e. The van der Waals surface area contributed by atoms with Gasteiger partial charge in [0.1, 0.15) is 0 Å². The highest BCUT2D eigenvalue weighted by Gasteiger charge is 2.05. The molecular weight excluding hydrogens is 240 g/mol. The molecule has 0 aliphatic carbocycles. The Morgan fingerprint density at radius 3 is 2.76 bits per heavy atom. The van der Waals surface area contributed by atoms with E-state index in [-0.39, 0.29) is 6.61 Å². The van der Waals surface area contributed by atoms with Gasteiger partial charge in [-0.2, -0.15) is 0 Å². The Balaban J connectivity index is 2.21. The second-order valence-electron chi connectivity index (χ2n) is 4.02. The summed E-state index contributed by atoms with van der Waals surface area (Å²) in [7, 11) is 3.74. The van der Waals surface area contributed by atoms with E-state index in [0.717, 1.165) is 5.56 Å². The van der Waals surface area contributed by atoms with E-state index in [4.69, 9.17) is 16.3 Å². The first-order valence-electron chi connectivity index (χ1n) is 5.49. The molecule has 17 heavy (non-hydrogen) atoms. The molecule has 0 aromatic heterocycles. The maximum absolute atomic E-state index is 9.60. The molecule has 0 bridgehead atoms. The molecule has 0 radical (unpaired) electrons. The lowest BCUT2D eigenvalue weighted by molar-refractivity contribution is 0.0213. The molecule has 0 fully saturated rings. The number of nitrogens with zero attached hydrogens (tertiary/aromatic N) is 1. The summed E-state index contributed by atoms with van der Waals surface area (Å²) < 4.78 is 5.40. The highest BCUT2D eigenvalue weighted by molar-refractivity contribution is 6.31. The molecule has 0 saturated heterocycles. The minimum Gasteiger partial charge on any atom is -0.389 e. The zero-order chi connectivity index (χ0) is 12.7. The van der Waals surface area contributed by atoms with E-state index in [9.17, 15) is 5.11 Å². The standard InChI is InChI=1S/C12H19ClN2O2/c1-15(2)14-7-11(16)9-17-8-10-5-3-4-6-12(10)13/h3-6,11,14,16H,7-9H2,1-2H3. The lowest BCUT2D eigenvalue weighted by Gasteiger charge is -2.16. The van der Waals surface area contributed by atoms with Crippen LogP contribution >= 0.6 is 11.6 Å². The number of hydrogen-bond donors (Lipinski definition) is 2. The van der Waals surface area contributed by atoms with Gasteiger partial charge in [0.05, 0.1) is 19.3 Å². The molecule has 96 valence electrons. The Hall–Kier alpha value is -0.650. The highest BCUT2D eigenvalue weighted by Crippen LogP contribution is 2.15. The number of benzene rings is 1. The van der Waals surface area contributed by atoms with Crippen molar-refractivity contribution in [3.05, 3.63) is 34.9 Å². The van der Waals surface area contributed by atoms with Gasteiger partial charge in [0.15, 0.2) is 0 Å². The quantitative estimate of drug-likeness (QED) is 0.724. The lowest BCUT2D eigenvalue weighted by atomic mass is 10.2. The van der Waals surface area contributed by atoms with Gasteiger partial charge >= 0.3 is 0 Å². The average molecular weight is 259 g/mol. The molecule has 0 saturated carbocycles. The van der Waals surface area contributed by atoms with Gasteiger partial charge in [-0.05, 0) is 11.6 Å². The predicted octanol–water partition coefficient (Wildman–Crippen LogP) is 1.28. The van der Waals surface area contributed by atoms with Crippen LogP contribution in [0.1, 0.15) is 5.56 Å². The molecule has 1 rings (SSSR count). The highest BCUT2D eigenvalue weighted by atomic mass is 35.5. The van der Waals surface area contributed by atoms with Crippen LogP contribution < -0.4 is 5.43 Å². The maximum atomic E-state index is 9.60. The number of aliphatic hydroxyl groups is 1. The van der Waals surface area contributed by atoms with Crippen molar-refractivity contribution in [1.29, 1.82) is 0 Å². The number of nitrogens with one attached hydrogen (secondary N) is 1. The number of hydrogen-bond acceptors (Lipinski definition) is 4. The summed E-state index contributed by atoms with van der Waals surface area (Å²) >= 11 is 5.98. The molecule has 5 heteroatoms. The van der Waals surface area contributed by atoms with Gasteiger partial charge in [0.25, 0.3) is 0 Å². The normalized spacial score (nSPS) is 13.0. The minimum absolute atomic E-state index is 0.284. The molecule has 0 spiro atoms. The fourth-order valence-corrected chi connectivity index (χ4v) is 1.46. The topological polar surface area (TPSA) is 44.7 Å². The predicted molar refractivity (Wildman–Crippen MR) is 68.8 cm³/mol. The van der Waals surface area contributed by atoms with Crippen LogP contribution in [0.25, 0.3) is 0 Å². The molecule has 4 nitrogen and oxygen atoms in total. The number of rotatable bonds is 7. The number of hydrazine groups is 1. The van der Waals surface area contributed by atoms with Crippen LogP contribution in [0.2, 0.25) is 5.02 Å². The Morgan fingerprint density at radius 2 is 2.12 bits per heavy atom. The first kappa shape index (κ1) is 14.4. The van der Waals surface area contributed by atoms with Crippen molar-refractivity contribution in [2.24, 2.45) is 0 Å². The third kappa shape index (κ3) is 6.00. The zero-order valence-electron chi connectivity index (χ0n) is 10.2. The van der Waals surface area contributed by atoms with Crippen molar-refractivity contribution in [2.75, 3.05) is 27.2 Å². The molecular formula is C12H19ClN2O2. The number of aliphatic hydroxyl groups excluding tert-OH is 1. The molecule has 0 amide bonds. The van der Waals surface area contributed by atoms with Crippen LogP contribution in [0.5, 0.6) is 0 Å². The van der Waals surface area contributed by atoms with Gasteiger partial charge in [0.2, 0.25) is 0 Å². The van der Waals surface area contributed by atoms with E-state index in [2.05, 4.69) is 5.43 Å². The van der Waals surface area contributed by atoms with Crippen molar-refractivity contribution in [1.82, 2.24) is 10.4 Å². The van der Waals surface area contributed by atoms with Crippen molar-refractivity contribution in [3.8, 4) is 0 Å². The summed E-state index contributed by atoms with van der Waals surface area (Å²) in [5, 5.41) is 12.1. The summed E-state index contributed by atoms with van der Waals surface area (Å²) in [5.41, 5.74) is 3.91. The van der Waals surface area contributed by atoms with E-state index < -0.39 is 6.10 Å². The van der Waals surface area contributed by atoms with Gasteiger partial charge in [-0.1, -0.05) is 29.8 Å². The van der Waals surface area contributed by atoms with Gasteiger partial charge in [-0.15, -0.1) is 0 Å². The molecule has 0 aliphatic heterocycles. The van der Waals surface area contributed by atoms with E-state index in [1.54, 1.807) is 5.01 Å². The smallest absolute Gasteiger partial charge is 0.0911 e. The van der Waals surface area contributed by atoms with Crippen molar-refractivity contribution >= 4 is 11.6 Å². The van der Waals surface area contributed by atoms with Crippen LogP contribution in [0, 0.1) is 0 Å². The van der Waals surface area contributed by atoms with Crippen molar-refractivity contribution in [3.63, 3.8) is 0 Å². The summed E-state index contributed by atoms with van der Waals surface area (Å²) in [6.07, 6.45) is -0.528. The third-order valence-electron chi connectivity index (χ3n) is 2.17. The molecule has 1 aromatic rings. The van der Waals surface area contributed by atoms with E-state index in [1.807, 2.05) is 38.4 Å². The molecule has 2 N–H and O–H groups in total. The third-order valence-corrected chi connectivity index (χ3v) is 2.54. The molecule has 0 heterocycles. The fraction of sp³-hybridized carbons (Fsp3) is 0.500. The first-order valence-corrected chi connectivity index (χ1v) is 5.87. The summed E-state index contributed by atoms with van der Waals surface area (Å²) in [4.78, 5) is 0. The Morgan fingerprint density at radius 1 is 1.41 bits per heavy atom. The van der Waals surface area contributed by atoms with Crippen LogP contribution in [0.3, 0.4) is 0 Å². The van der Waals surface area contributed by atoms with Crippen LogP contribution in [-0.2, 0) is 11.3 Å². The number of ether oxygens (including phenoxy) is 1. The summed E-state index contributed by atoms with van der Waals surface area (Å²) in [6.45, 7) is 1.17. The van der Waals surface area contributed by atoms with Gasteiger partial charge in [-0.3, -0.25) is 10.4 Å². The molecule has 1 atom stereocenters. The van der Waals surface area contributed by atoms with Gasteiger partial charge in [-0.25, -0.2) is 0 Å². The van der Waals surface area contributed by atoms with Crippen LogP contribution in [-0.4, -0.2) is 43.5 Å². The van der Waals surface area contributed by atoms with Crippen LogP contribution in [0.4, 0.5) is 0 Å². The van der Waals surface area contributed by atoms with Gasteiger partial charge < -0.3 is 9.84 Å². The second kappa shape index (κ2) is 7.63. The summed E-state index contributed by atoms with van der Waals surface area (Å²) in [5.74, 6) is 0. The van der Waals surface area contributed by atoms with Crippen molar-refractivity contribution in [2.45, 2.75) is 12.7 Å². The fourth-order valence-electron chi connectivity index (χ4n) is 1.27. The van der Waals surface area contributed by atoms with E-state index in [0.29, 0.717) is 18.2 Å². The monoisotopic (exact) mass is 258 g/mol. The Kier molecular flexibility index (Phi) is 6.47. The first-order chi connectivity index (χ1) is 8.09. The Labute approximate surface area is 107 Å². The Bertz CT molecular complexity index is 334.